The first kappa shape index (κ1) is 15.3. The molecule has 2 N–H and O–H groups in total. The molecule has 0 aromatic carbocycles. The summed E-state index contributed by atoms with van der Waals surface area (Å²) in [4.78, 5) is 11.2. The second-order valence-corrected chi connectivity index (χ2v) is 6.90. The Balaban J connectivity index is 1.53. The largest absolute Gasteiger partial charge is 0.481 e. The van der Waals surface area contributed by atoms with Crippen molar-refractivity contribution in [3.63, 3.8) is 0 Å². The minimum Gasteiger partial charge on any atom is -0.481 e. The van der Waals surface area contributed by atoms with Gasteiger partial charge < -0.3 is 19.9 Å². The quantitative estimate of drug-likeness (QED) is 0.833. The van der Waals surface area contributed by atoms with Crippen molar-refractivity contribution in [2.75, 3.05) is 19.8 Å². The molecule has 0 aromatic heterocycles. The molecule has 3 unspecified atom stereocenters. The summed E-state index contributed by atoms with van der Waals surface area (Å²) in [5.41, 5.74) is 0.00896. The van der Waals surface area contributed by atoms with Crippen LogP contribution in [0.5, 0.6) is 0 Å². The molecule has 5 heteroatoms. The highest BCUT2D eigenvalue weighted by atomic mass is 16.5. The molecule has 3 fully saturated rings. The van der Waals surface area contributed by atoms with Gasteiger partial charge in [-0.15, -0.1) is 0 Å². The van der Waals surface area contributed by atoms with Gasteiger partial charge in [-0.25, -0.2) is 0 Å². The second-order valence-electron chi connectivity index (χ2n) is 6.90. The smallest absolute Gasteiger partial charge is 0.306 e. The van der Waals surface area contributed by atoms with Crippen molar-refractivity contribution in [3.8, 4) is 0 Å². The topological polar surface area (TPSA) is 67.8 Å². The molecule has 0 aromatic rings. The summed E-state index contributed by atoms with van der Waals surface area (Å²) in [6.45, 7) is 2.42. The summed E-state index contributed by atoms with van der Waals surface area (Å²) in [6.07, 6.45) is 7.82. The number of ether oxygens (including phenoxy) is 2. The zero-order chi connectivity index (χ0) is 14.7. The lowest BCUT2D eigenvalue weighted by Gasteiger charge is -2.44. The summed E-state index contributed by atoms with van der Waals surface area (Å²) in [6, 6.07) is 0.828. The van der Waals surface area contributed by atoms with Crippen molar-refractivity contribution in [2.45, 2.75) is 69.1 Å². The van der Waals surface area contributed by atoms with Gasteiger partial charge in [0.25, 0.3) is 0 Å². The van der Waals surface area contributed by atoms with Gasteiger partial charge in [0.1, 0.15) is 0 Å². The van der Waals surface area contributed by atoms with Crippen LogP contribution >= 0.6 is 0 Å². The lowest BCUT2D eigenvalue weighted by Crippen LogP contribution is -2.52. The average Bonchev–Trinajstić information content (AvgIpc) is 2.48. The first-order chi connectivity index (χ1) is 10.2. The Morgan fingerprint density at radius 3 is 2.67 bits per heavy atom. The highest BCUT2D eigenvalue weighted by Gasteiger charge is 2.40. The van der Waals surface area contributed by atoms with Gasteiger partial charge in [-0.3, -0.25) is 4.79 Å². The van der Waals surface area contributed by atoms with Gasteiger partial charge in [0, 0.05) is 31.9 Å². The molecule has 3 rings (SSSR count). The SMILES string of the molecule is O=C(O)C1CCCC(NC2CCOC3(CCOCC3)C2)C1. The fourth-order valence-corrected chi connectivity index (χ4v) is 4.16. The summed E-state index contributed by atoms with van der Waals surface area (Å²) in [7, 11) is 0. The average molecular weight is 297 g/mol. The molecule has 1 saturated carbocycles. The minimum absolute atomic E-state index is 0.00896. The van der Waals surface area contributed by atoms with E-state index in [0.717, 1.165) is 71.2 Å². The van der Waals surface area contributed by atoms with Crippen LogP contribution in [0, 0.1) is 5.92 Å². The predicted molar refractivity (Wildman–Crippen MR) is 78.3 cm³/mol. The van der Waals surface area contributed by atoms with Crippen molar-refractivity contribution >= 4 is 5.97 Å². The Hall–Kier alpha value is -0.650. The Morgan fingerprint density at radius 1 is 1.10 bits per heavy atom. The molecule has 3 atom stereocenters. The Morgan fingerprint density at radius 2 is 1.90 bits per heavy atom. The number of hydrogen-bond donors (Lipinski definition) is 2. The van der Waals surface area contributed by atoms with Gasteiger partial charge in [-0.05, 0) is 44.9 Å². The predicted octanol–water partition coefficient (Wildman–Crippen LogP) is 1.95. The van der Waals surface area contributed by atoms with Crippen LogP contribution in [0.15, 0.2) is 0 Å². The number of nitrogens with one attached hydrogen (secondary N) is 1. The van der Waals surface area contributed by atoms with Crippen LogP contribution in [-0.4, -0.2) is 48.6 Å². The third kappa shape index (κ3) is 3.76. The van der Waals surface area contributed by atoms with Crippen molar-refractivity contribution < 1.29 is 19.4 Å². The normalized spacial score (nSPS) is 36.5. The molecule has 21 heavy (non-hydrogen) atoms. The monoisotopic (exact) mass is 297 g/mol. The van der Waals surface area contributed by atoms with E-state index in [2.05, 4.69) is 5.32 Å². The zero-order valence-corrected chi connectivity index (χ0v) is 12.7. The molecule has 0 radical (unpaired) electrons. The fourth-order valence-electron chi connectivity index (χ4n) is 4.16. The van der Waals surface area contributed by atoms with E-state index >= 15 is 0 Å². The third-order valence-electron chi connectivity index (χ3n) is 5.39. The van der Waals surface area contributed by atoms with Crippen LogP contribution in [0.4, 0.5) is 0 Å². The van der Waals surface area contributed by atoms with Crippen molar-refractivity contribution in [2.24, 2.45) is 5.92 Å². The summed E-state index contributed by atoms with van der Waals surface area (Å²) in [5, 5.41) is 12.9. The molecule has 3 aliphatic rings. The minimum atomic E-state index is -0.630. The van der Waals surface area contributed by atoms with Crippen molar-refractivity contribution in [1.29, 1.82) is 0 Å². The van der Waals surface area contributed by atoms with Gasteiger partial charge >= 0.3 is 5.97 Å². The van der Waals surface area contributed by atoms with Crippen LogP contribution in [0.3, 0.4) is 0 Å². The van der Waals surface area contributed by atoms with Gasteiger partial charge in [0.05, 0.1) is 11.5 Å². The highest BCUT2D eigenvalue weighted by Crippen LogP contribution is 2.35. The molecule has 0 amide bonds. The van der Waals surface area contributed by atoms with Crippen molar-refractivity contribution in [3.05, 3.63) is 0 Å². The molecule has 2 aliphatic heterocycles. The Kier molecular flexibility index (Phi) is 4.82. The number of carboxylic acids is 1. The molecule has 120 valence electrons. The molecule has 2 saturated heterocycles. The van der Waals surface area contributed by atoms with Crippen LogP contribution in [0.25, 0.3) is 0 Å². The number of hydrogen-bond acceptors (Lipinski definition) is 4. The van der Waals surface area contributed by atoms with Gasteiger partial charge in [0.2, 0.25) is 0 Å². The lowest BCUT2D eigenvalue weighted by atomic mass is 9.82. The molecular formula is C16H27NO4. The van der Waals surface area contributed by atoms with E-state index in [1.165, 1.54) is 0 Å². The van der Waals surface area contributed by atoms with Crippen LogP contribution in [0.1, 0.15) is 51.4 Å². The first-order valence-electron chi connectivity index (χ1n) is 8.37. The van der Waals surface area contributed by atoms with E-state index in [1.807, 2.05) is 0 Å². The van der Waals surface area contributed by atoms with Crippen molar-refractivity contribution in [1.82, 2.24) is 5.32 Å². The maximum Gasteiger partial charge on any atom is 0.306 e. The zero-order valence-electron chi connectivity index (χ0n) is 12.7. The Labute approximate surface area is 126 Å². The molecule has 1 aliphatic carbocycles. The number of carbonyl (C=O) groups is 1. The second kappa shape index (κ2) is 6.63. The van der Waals surface area contributed by atoms with E-state index in [9.17, 15) is 9.90 Å². The van der Waals surface area contributed by atoms with Crippen LogP contribution < -0.4 is 5.32 Å². The van der Waals surface area contributed by atoms with Gasteiger partial charge in [0.15, 0.2) is 0 Å². The van der Waals surface area contributed by atoms with E-state index in [0.29, 0.717) is 12.1 Å². The van der Waals surface area contributed by atoms with Gasteiger partial charge in [-0.1, -0.05) is 6.42 Å². The molecular weight excluding hydrogens is 270 g/mol. The molecule has 5 nitrogen and oxygen atoms in total. The molecule has 0 bridgehead atoms. The van der Waals surface area contributed by atoms with Gasteiger partial charge in [-0.2, -0.15) is 0 Å². The summed E-state index contributed by atoms with van der Waals surface area (Å²) >= 11 is 0. The van der Waals surface area contributed by atoms with E-state index in [1.54, 1.807) is 0 Å². The maximum absolute atomic E-state index is 11.2. The van der Waals surface area contributed by atoms with Crippen LogP contribution in [0.2, 0.25) is 0 Å². The van der Waals surface area contributed by atoms with E-state index < -0.39 is 5.97 Å². The highest BCUT2D eigenvalue weighted by molar-refractivity contribution is 5.70. The Bertz CT molecular complexity index is 362. The van der Waals surface area contributed by atoms with E-state index in [-0.39, 0.29) is 11.5 Å². The number of carboxylic acid groups (broad SMARTS) is 1. The fraction of sp³-hybridized carbons (Fsp3) is 0.938. The summed E-state index contributed by atoms with van der Waals surface area (Å²) in [5.74, 6) is -0.789. The molecule has 2 heterocycles. The maximum atomic E-state index is 11.2. The third-order valence-corrected chi connectivity index (χ3v) is 5.39. The first-order valence-corrected chi connectivity index (χ1v) is 8.37. The molecule has 1 spiro atoms. The number of aliphatic carboxylic acids is 1. The standard InChI is InChI=1S/C16H27NO4/c18-15(19)12-2-1-3-13(10-12)17-14-4-7-21-16(11-14)5-8-20-9-6-16/h12-14,17H,1-11H2,(H,18,19). The summed E-state index contributed by atoms with van der Waals surface area (Å²) < 4.78 is 11.5. The van der Waals surface area contributed by atoms with Crippen LogP contribution in [-0.2, 0) is 14.3 Å². The lowest BCUT2D eigenvalue weighted by molar-refractivity contribution is -0.145. The van der Waals surface area contributed by atoms with E-state index in [4.69, 9.17) is 9.47 Å². The number of rotatable bonds is 3.